The maximum Gasteiger partial charge on any atom is 0.324 e. The van der Waals surface area contributed by atoms with E-state index in [-0.39, 0.29) is 17.0 Å². The van der Waals surface area contributed by atoms with Crippen molar-refractivity contribution >= 4 is 29.1 Å². The van der Waals surface area contributed by atoms with E-state index in [4.69, 9.17) is 9.26 Å². The van der Waals surface area contributed by atoms with E-state index in [9.17, 15) is 9.59 Å². The Morgan fingerprint density at radius 2 is 1.81 bits per heavy atom. The third kappa shape index (κ3) is 7.29. The molecule has 0 bridgehead atoms. The minimum atomic E-state index is -0.451. The molecule has 1 atom stereocenters. The number of carbonyl (C=O) groups excluding carboxylic acids is 2. The van der Waals surface area contributed by atoms with Gasteiger partial charge in [0.05, 0.1) is 12.8 Å². The van der Waals surface area contributed by atoms with E-state index in [0.717, 1.165) is 26.1 Å². The molecule has 1 fully saturated rings. The fourth-order valence-corrected chi connectivity index (χ4v) is 3.95. The molecule has 3 heterocycles. The lowest BCUT2D eigenvalue weighted by Crippen LogP contribution is -2.21. The van der Waals surface area contributed by atoms with Crippen molar-refractivity contribution in [2.75, 3.05) is 42.2 Å². The van der Waals surface area contributed by atoms with Gasteiger partial charge < -0.3 is 24.8 Å². The normalized spacial score (nSPS) is 15.8. The second kappa shape index (κ2) is 11.4. The van der Waals surface area contributed by atoms with E-state index in [1.54, 1.807) is 48.7 Å². The number of hydrogen-bond acceptors (Lipinski definition) is 7. The van der Waals surface area contributed by atoms with Crippen LogP contribution in [0.15, 0.2) is 53.2 Å². The van der Waals surface area contributed by atoms with Gasteiger partial charge in [-0.3, -0.25) is 10.1 Å². The number of hydrogen-bond donors (Lipinski definition) is 3. The molecule has 196 valence electrons. The van der Waals surface area contributed by atoms with Crippen molar-refractivity contribution in [1.29, 1.82) is 0 Å². The zero-order chi connectivity index (χ0) is 26.4. The summed E-state index contributed by atoms with van der Waals surface area (Å²) in [7, 11) is 0. The van der Waals surface area contributed by atoms with Crippen LogP contribution in [0.2, 0.25) is 0 Å². The average Bonchev–Trinajstić information content (AvgIpc) is 3.54. The van der Waals surface area contributed by atoms with E-state index in [0.29, 0.717) is 41.2 Å². The van der Waals surface area contributed by atoms with Gasteiger partial charge in [-0.2, -0.15) is 0 Å². The highest BCUT2D eigenvalue weighted by Gasteiger charge is 2.22. The fourth-order valence-electron chi connectivity index (χ4n) is 3.95. The largest absolute Gasteiger partial charge is 0.492 e. The molecule has 0 radical (unpaired) electrons. The summed E-state index contributed by atoms with van der Waals surface area (Å²) >= 11 is 0. The molecular formula is C27H34N6O4. The monoisotopic (exact) mass is 506 g/mol. The summed E-state index contributed by atoms with van der Waals surface area (Å²) in [6.45, 7) is 12.1. The van der Waals surface area contributed by atoms with E-state index in [2.05, 4.69) is 37.9 Å². The van der Waals surface area contributed by atoms with Crippen LogP contribution in [0.1, 0.15) is 50.4 Å². The van der Waals surface area contributed by atoms with Gasteiger partial charge in [0.1, 0.15) is 17.2 Å². The maximum absolute atomic E-state index is 12.6. The highest BCUT2D eigenvalue weighted by atomic mass is 16.5. The predicted octanol–water partition coefficient (Wildman–Crippen LogP) is 4.98. The molecule has 4 rings (SSSR count). The number of benzene rings is 1. The summed E-state index contributed by atoms with van der Waals surface area (Å²) in [5.74, 6) is 1.85. The molecule has 1 aliphatic heterocycles. The highest BCUT2D eigenvalue weighted by molar-refractivity contribution is 6.03. The number of amides is 3. The van der Waals surface area contributed by atoms with Crippen molar-refractivity contribution in [1.82, 2.24) is 15.0 Å². The summed E-state index contributed by atoms with van der Waals surface area (Å²) < 4.78 is 11.1. The molecule has 10 nitrogen and oxygen atoms in total. The van der Waals surface area contributed by atoms with Crippen LogP contribution in [-0.4, -0.2) is 53.2 Å². The van der Waals surface area contributed by atoms with Crippen LogP contribution in [0, 0.1) is 5.92 Å². The highest BCUT2D eigenvalue weighted by Crippen LogP contribution is 2.24. The van der Waals surface area contributed by atoms with E-state index >= 15 is 0 Å². The Hall–Kier alpha value is -3.92. The molecule has 10 heteroatoms. The Balaban J connectivity index is 1.24. The molecule has 1 aromatic carbocycles. The van der Waals surface area contributed by atoms with Crippen LogP contribution >= 0.6 is 0 Å². The number of nitrogens with one attached hydrogen (secondary N) is 3. The molecule has 0 spiro atoms. The number of aromatic nitrogens is 2. The molecule has 1 aliphatic rings. The molecule has 3 aromatic rings. The third-order valence-electron chi connectivity index (χ3n) is 6.16. The van der Waals surface area contributed by atoms with Gasteiger partial charge in [-0.25, -0.2) is 9.78 Å². The molecule has 1 saturated heterocycles. The SMILES string of the molecule is CCN1CCC(COc2ccc(C(=O)Nc3ccc(NC(=O)Nc4cc(C(C)(C)C)on4)cc3)nc2)C1. The van der Waals surface area contributed by atoms with Gasteiger partial charge in [0.15, 0.2) is 5.82 Å². The lowest BCUT2D eigenvalue weighted by molar-refractivity contribution is 0.102. The summed E-state index contributed by atoms with van der Waals surface area (Å²) in [4.78, 5) is 31.5. The predicted molar refractivity (Wildman–Crippen MR) is 142 cm³/mol. The van der Waals surface area contributed by atoms with E-state index < -0.39 is 6.03 Å². The minimum Gasteiger partial charge on any atom is -0.492 e. The van der Waals surface area contributed by atoms with Crippen molar-refractivity contribution in [3.8, 4) is 5.75 Å². The van der Waals surface area contributed by atoms with Crippen LogP contribution < -0.4 is 20.7 Å². The zero-order valence-electron chi connectivity index (χ0n) is 21.7. The first-order valence-corrected chi connectivity index (χ1v) is 12.5. The number of rotatable bonds is 8. The fraction of sp³-hybridized carbons (Fsp3) is 0.407. The van der Waals surface area contributed by atoms with E-state index in [1.165, 1.54) is 0 Å². The Morgan fingerprint density at radius 3 is 2.41 bits per heavy atom. The van der Waals surface area contributed by atoms with Crippen molar-refractivity contribution in [3.05, 3.63) is 60.1 Å². The number of carbonyl (C=O) groups is 2. The number of pyridine rings is 1. The standard InChI is InChI=1S/C27H34N6O4/c1-5-33-13-12-18(16-33)17-36-21-10-11-22(28-15-21)25(34)29-19-6-8-20(9-7-19)30-26(35)31-24-14-23(37-32-24)27(2,3)4/h6-11,14-15,18H,5,12-13,16-17H2,1-4H3,(H,29,34)(H2,30,31,32,35). The minimum absolute atomic E-state index is 0.207. The molecule has 3 amide bonds. The Bertz CT molecular complexity index is 1200. The number of likely N-dealkylation sites (tertiary alicyclic amines) is 1. The van der Waals surface area contributed by atoms with Crippen LogP contribution in [0.4, 0.5) is 22.0 Å². The molecule has 1 unspecified atom stereocenters. The van der Waals surface area contributed by atoms with Gasteiger partial charge in [0.2, 0.25) is 0 Å². The number of anilines is 3. The summed E-state index contributed by atoms with van der Waals surface area (Å²) in [6, 6.07) is 11.4. The van der Waals surface area contributed by atoms with Crippen molar-refractivity contribution in [2.24, 2.45) is 5.92 Å². The molecule has 0 saturated carbocycles. The van der Waals surface area contributed by atoms with Crippen molar-refractivity contribution in [2.45, 2.75) is 39.5 Å². The Labute approximate surface area is 216 Å². The quantitative estimate of drug-likeness (QED) is 0.394. The summed E-state index contributed by atoms with van der Waals surface area (Å²) in [6.07, 6.45) is 2.72. The van der Waals surface area contributed by atoms with Crippen LogP contribution in [0.5, 0.6) is 5.75 Å². The zero-order valence-corrected chi connectivity index (χ0v) is 21.7. The summed E-state index contributed by atoms with van der Waals surface area (Å²) in [5.41, 5.74) is 1.21. The van der Waals surface area contributed by atoms with E-state index in [1.807, 2.05) is 20.8 Å². The third-order valence-corrected chi connectivity index (χ3v) is 6.16. The first-order chi connectivity index (χ1) is 17.7. The lowest BCUT2D eigenvalue weighted by atomic mass is 9.93. The first kappa shape index (κ1) is 26.2. The molecule has 37 heavy (non-hydrogen) atoms. The van der Waals surface area contributed by atoms with Crippen molar-refractivity contribution < 1.29 is 18.8 Å². The number of urea groups is 1. The average molecular weight is 507 g/mol. The van der Waals surface area contributed by atoms with Crippen molar-refractivity contribution in [3.63, 3.8) is 0 Å². The van der Waals surface area contributed by atoms with Gasteiger partial charge in [-0.05, 0) is 55.9 Å². The second-order valence-electron chi connectivity index (χ2n) is 10.2. The molecule has 0 aliphatic carbocycles. The van der Waals surface area contributed by atoms with Gasteiger partial charge in [-0.1, -0.05) is 32.9 Å². The van der Waals surface area contributed by atoms with Gasteiger partial charge >= 0.3 is 6.03 Å². The van der Waals surface area contributed by atoms with Gasteiger partial charge in [-0.15, -0.1) is 0 Å². The summed E-state index contributed by atoms with van der Waals surface area (Å²) in [5, 5.41) is 12.0. The van der Waals surface area contributed by atoms with Gasteiger partial charge in [0.25, 0.3) is 5.91 Å². The van der Waals surface area contributed by atoms with Crippen LogP contribution in [-0.2, 0) is 5.41 Å². The maximum atomic E-state index is 12.6. The molecule has 3 N–H and O–H groups in total. The Morgan fingerprint density at radius 1 is 1.08 bits per heavy atom. The Kier molecular flexibility index (Phi) is 8.08. The lowest BCUT2D eigenvalue weighted by Gasteiger charge is -2.14. The topological polar surface area (TPSA) is 122 Å². The number of nitrogens with zero attached hydrogens (tertiary/aromatic N) is 3. The van der Waals surface area contributed by atoms with Gasteiger partial charge in [0, 0.05) is 35.3 Å². The van der Waals surface area contributed by atoms with Crippen LogP contribution in [0.3, 0.4) is 0 Å². The number of ether oxygens (including phenoxy) is 1. The van der Waals surface area contributed by atoms with Crippen LogP contribution in [0.25, 0.3) is 0 Å². The second-order valence-corrected chi connectivity index (χ2v) is 10.2. The smallest absolute Gasteiger partial charge is 0.324 e. The first-order valence-electron chi connectivity index (χ1n) is 12.5. The molecular weight excluding hydrogens is 472 g/mol. The molecule has 2 aromatic heterocycles.